The Labute approximate surface area is 230 Å². The molecule has 0 bridgehead atoms. The number of carbonyl (C=O) groups excluding carboxylic acids is 1. The lowest BCUT2D eigenvalue weighted by atomic mass is 10.0. The summed E-state index contributed by atoms with van der Waals surface area (Å²) in [4.78, 5) is 18.4. The van der Waals surface area contributed by atoms with Gasteiger partial charge in [-0.3, -0.25) is 4.79 Å². The van der Waals surface area contributed by atoms with Crippen molar-refractivity contribution in [3.63, 3.8) is 0 Å². The number of nitrogens with zero attached hydrogens (tertiary/aromatic N) is 4. The van der Waals surface area contributed by atoms with E-state index in [0.29, 0.717) is 10.9 Å². The highest BCUT2D eigenvalue weighted by Crippen LogP contribution is 2.35. The lowest BCUT2D eigenvalue weighted by Gasteiger charge is -2.30. The molecule has 3 heterocycles. The van der Waals surface area contributed by atoms with E-state index in [0.717, 1.165) is 44.5 Å². The van der Waals surface area contributed by atoms with E-state index in [4.69, 9.17) is 4.52 Å². The molecule has 40 heavy (non-hydrogen) atoms. The lowest BCUT2D eigenvalue weighted by Crippen LogP contribution is -2.36. The van der Waals surface area contributed by atoms with E-state index in [9.17, 15) is 18.0 Å². The predicted octanol–water partition coefficient (Wildman–Crippen LogP) is 5.47. The molecule has 0 unspecified atom stereocenters. The van der Waals surface area contributed by atoms with Crippen LogP contribution < -0.4 is 10.6 Å². The van der Waals surface area contributed by atoms with Gasteiger partial charge in [-0.1, -0.05) is 47.6 Å². The fourth-order valence-corrected chi connectivity index (χ4v) is 4.79. The molecule has 8 nitrogen and oxygen atoms in total. The van der Waals surface area contributed by atoms with E-state index in [1.807, 2.05) is 42.5 Å². The van der Waals surface area contributed by atoms with Crippen molar-refractivity contribution in [1.29, 1.82) is 0 Å². The number of amides is 1. The molecular formula is C29H33F3N6O2. The minimum Gasteiger partial charge on any atom is -0.382 e. The van der Waals surface area contributed by atoms with Crippen LogP contribution in [-0.2, 0) is 17.9 Å². The summed E-state index contributed by atoms with van der Waals surface area (Å²) in [5.74, 6) is 0.168. The molecule has 2 aliphatic rings. The van der Waals surface area contributed by atoms with E-state index in [2.05, 4.69) is 32.7 Å². The van der Waals surface area contributed by atoms with Crippen molar-refractivity contribution in [2.45, 2.75) is 51.0 Å². The van der Waals surface area contributed by atoms with Crippen LogP contribution in [0, 0.1) is 5.92 Å². The first kappa shape index (κ1) is 27.7. The fourth-order valence-electron chi connectivity index (χ4n) is 4.79. The number of nitrogens with one attached hydrogen (secondary N) is 2. The van der Waals surface area contributed by atoms with Gasteiger partial charge >= 0.3 is 6.18 Å². The van der Waals surface area contributed by atoms with Gasteiger partial charge in [0.25, 0.3) is 0 Å². The zero-order valence-electron chi connectivity index (χ0n) is 22.3. The topological polar surface area (TPSA) is 88.2 Å². The van der Waals surface area contributed by atoms with Crippen LogP contribution in [0.1, 0.15) is 31.6 Å². The Morgan fingerprint density at radius 1 is 1.02 bits per heavy atom. The van der Waals surface area contributed by atoms with Gasteiger partial charge in [0.1, 0.15) is 6.54 Å². The Hall–Kier alpha value is -3.86. The third kappa shape index (κ3) is 7.20. The van der Waals surface area contributed by atoms with Gasteiger partial charge in [-0.15, -0.1) is 0 Å². The zero-order chi connectivity index (χ0) is 28.1. The molecule has 2 aromatic heterocycles. The summed E-state index contributed by atoms with van der Waals surface area (Å²) < 4.78 is 46.9. The quantitative estimate of drug-likeness (QED) is 0.315. The van der Waals surface area contributed by atoms with Crippen LogP contribution in [0.2, 0.25) is 0 Å². The normalized spacial score (nSPS) is 16.4. The largest absolute Gasteiger partial charge is 0.406 e. The van der Waals surface area contributed by atoms with Gasteiger partial charge in [0.15, 0.2) is 0 Å². The summed E-state index contributed by atoms with van der Waals surface area (Å²) in [6.07, 6.45) is -0.769. The van der Waals surface area contributed by atoms with E-state index in [1.54, 1.807) is 18.2 Å². The first-order valence-electron chi connectivity index (χ1n) is 13.5. The SMILES string of the molecule is CN1CCC(Nc2cccc3c2cc(-c2noc(CNC(=O)C4CC4)n2)n3CC(F)(F)F)CC1.c1ccccc1. The molecule has 0 spiro atoms. The van der Waals surface area contributed by atoms with E-state index in [1.165, 1.54) is 4.57 Å². The first-order chi connectivity index (χ1) is 19.3. The van der Waals surface area contributed by atoms with Crippen LogP contribution in [0.4, 0.5) is 18.9 Å². The highest BCUT2D eigenvalue weighted by atomic mass is 19.4. The summed E-state index contributed by atoms with van der Waals surface area (Å²) in [5, 5.41) is 10.8. The van der Waals surface area contributed by atoms with Crippen LogP contribution in [-0.4, -0.2) is 57.9 Å². The fraction of sp³-hybridized carbons (Fsp3) is 0.414. The van der Waals surface area contributed by atoms with Gasteiger partial charge in [0, 0.05) is 23.0 Å². The Kier molecular flexibility index (Phi) is 8.39. The molecule has 0 radical (unpaired) electrons. The highest BCUT2D eigenvalue weighted by Gasteiger charge is 2.32. The summed E-state index contributed by atoms with van der Waals surface area (Å²) in [6.45, 7) is 0.810. The van der Waals surface area contributed by atoms with Crippen molar-refractivity contribution < 1.29 is 22.5 Å². The van der Waals surface area contributed by atoms with Gasteiger partial charge in [0.05, 0.1) is 17.8 Å². The van der Waals surface area contributed by atoms with Crippen molar-refractivity contribution >= 4 is 22.5 Å². The molecule has 1 aliphatic carbocycles. The van der Waals surface area contributed by atoms with Gasteiger partial charge in [0.2, 0.25) is 17.6 Å². The van der Waals surface area contributed by atoms with E-state index >= 15 is 0 Å². The number of piperidine rings is 1. The minimum atomic E-state index is -4.43. The summed E-state index contributed by atoms with van der Waals surface area (Å²) in [6, 6.07) is 19.2. The van der Waals surface area contributed by atoms with Crippen molar-refractivity contribution in [2.24, 2.45) is 5.92 Å². The molecule has 2 fully saturated rings. The number of benzene rings is 2. The molecule has 1 saturated heterocycles. The lowest BCUT2D eigenvalue weighted by molar-refractivity contribution is -0.139. The summed E-state index contributed by atoms with van der Waals surface area (Å²) in [7, 11) is 2.08. The van der Waals surface area contributed by atoms with Gasteiger partial charge in [-0.05, 0) is 64.0 Å². The third-order valence-electron chi connectivity index (χ3n) is 7.09. The molecule has 1 aliphatic heterocycles. The number of alkyl halides is 3. The Morgan fingerprint density at radius 3 is 2.33 bits per heavy atom. The van der Waals surface area contributed by atoms with Crippen LogP contribution in [0.25, 0.3) is 22.4 Å². The maximum absolute atomic E-state index is 13.5. The van der Waals surface area contributed by atoms with Crippen molar-refractivity contribution in [2.75, 3.05) is 25.5 Å². The number of hydrogen-bond donors (Lipinski definition) is 2. The standard InChI is InChI=1S/C23H27F3N6O2.C6H6/c1-31-9-7-15(8-10-31)28-17-3-2-4-18-16(17)11-19(32(18)13-23(24,25)26)21-29-20(34-30-21)12-27-22(33)14-5-6-14;1-2-4-6-5-3-1/h2-4,11,14-15,28H,5-10,12-13H2,1H3,(H,27,33);1-6H. The van der Waals surface area contributed by atoms with Crippen molar-refractivity contribution in [1.82, 2.24) is 24.9 Å². The van der Waals surface area contributed by atoms with Gasteiger partial charge in [-0.2, -0.15) is 18.2 Å². The molecule has 1 saturated carbocycles. The van der Waals surface area contributed by atoms with Gasteiger partial charge in [-0.25, -0.2) is 0 Å². The summed E-state index contributed by atoms with van der Waals surface area (Å²) in [5.41, 5.74) is 1.45. The van der Waals surface area contributed by atoms with Crippen LogP contribution >= 0.6 is 0 Å². The van der Waals surface area contributed by atoms with Crippen LogP contribution in [0.5, 0.6) is 0 Å². The maximum atomic E-state index is 13.5. The number of fused-ring (bicyclic) bond motifs is 1. The molecule has 212 valence electrons. The smallest absolute Gasteiger partial charge is 0.382 e. The molecule has 11 heteroatoms. The average molecular weight is 555 g/mol. The van der Waals surface area contributed by atoms with E-state index < -0.39 is 12.7 Å². The molecule has 2 aromatic carbocycles. The van der Waals surface area contributed by atoms with Crippen molar-refractivity contribution in [3.8, 4) is 11.5 Å². The van der Waals surface area contributed by atoms with E-state index in [-0.39, 0.29) is 41.8 Å². The van der Waals surface area contributed by atoms with Crippen LogP contribution in [0.15, 0.2) is 65.2 Å². The zero-order valence-corrected chi connectivity index (χ0v) is 22.3. The third-order valence-corrected chi connectivity index (χ3v) is 7.09. The molecule has 6 rings (SSSR count). The van der Waals surface area contributed by atoms with Crippen molar-refractivity contribution in [3.05, 3.63) is 66.6 Å². The van der Waals surface area contributed by atoms with Gasteiger partial charge < -0.3 is 24.6 Å². The number of likely N-dealkylation sites (tertiary alicyclic amines) is 1. The second-order valence-electron chi connectivity index (χ2n) is 10.3. The molecule has 0 atom stereocenters. The number of carbonyl (C=O) groups is 1. The second kappa shape index (κ2) is 12.1. The molecule has 2 N–H and O–H groups in total. The predicted molar refractivity (Wildman–Crippen MR) is 146 cm³/mol. The Balaban J connectivity index is 0.000000477. The molecule has 4 aromatic rings. The first-order valence-corrected chi connectivity index (χ1v) is 13.5. The summed E-state index contributed by atoms with van der Waals surface area (Å²) >= 11 is 0. The number of anilines is 1. The van der Waals surface area contributed by atoms with Crippen LogP contribution in [0.3, 0.4) is 0 Å². The maximum Gasteiger partial charge on any atom is 0.406 e. The molecule has 1 amide bonds. The monoisotopic (exact) mass is 554 g/mol. The second-order valence-corrected chi connectivity index (χ2v) is 10.3. The number of aromatic nitrogens is 3. The number of halogens is 3. The Bertz CT molecular complexity index is 1380. The molecular weight excluding hydrogens is 521 g/mol. The highest BCUT2D eigenvalue weighted by molar-refractivity contribution is 5.96. The average Bonchev–Trinajstić information content (AvgIpc) is 3.59. The number of rotatable bonds is 7. The minimum absolute atomic E-state index is 0.0344. The Morgan fingerprint density at radius 2 is 1.70 bits per heavy atom. The number of hydrogen-bond acceptors (Lipinski definition) is 6.